The number of nitrogens with zero attached hydrogens (tertiary/aromatic N) is 1. The fraction of sp³-hybridized carbons (Fsp3) is 0.500. The molecule has 0 bridgehead atoms. The van der Waals surface area contributed by atoms with Crippen LogP contribution in [0.3, 0.4) is 0 Å². The molecule has 0 fully saturated rings. The first-order valence-electron chi connectivity index (χ1n) is 6.78. The van der Waals surface area contributed by atoms with Gasteiger partial charge in [-0.1, -0.05) is 20.3 Å². The average molecular weight is 295 g/mol. The summed E-state index contributed by atoms with van der Waals surface area (Å²) in [6, 6.07) is 2.81. The van der Waals surface area contributed by atoms with Gasteiger partial charge in [0.25, 0.3) is 11.6 Å². The average Bonchev–Trinajstić information content (AvgIpc) is 2.45. The first-order chi connectivity index (χ1) is 9.77. The molecule has 0 aliphatic carbocycles. The van der Waals surface area contributed by atoms with Gasteiger partial charge in [0.05, 0.1) is 16.6 Å². The minimum Gasteiger partial charge on any atom is -0.393 e. The maximum absolute atomic E-state index is 12.1. The van der Waals surface area contributed by atoms with Crippen LogP contribution in [0.25, 0.3) is 0 Å². The number of aliphatic hydroxyl groups is 1. The lowest BCUT2D eigenvalue weighted by atomic mass is 10.0. The molecule has 0 radical (unpaired) electrons. The number of carbonyl (C=O) groups excluding carboxylic acids is 1. The second-order valence-corrected chi connectivity index (χ2v) is 5.17. The number of benzene rings is 1. The molecule has 0 aliphatic rings. The summed E-state index contributed by atoms with van der Waals surface area (Å²) in [5.41, 5.74) is 5.85. The van der Waals surface area contributed by atoms with Crippen molar-refractivity contribution in [3.8, 4) is 0 Å². The lowest BCUT2D eigenvalue weighted by Gasteiger charge is -2.18. The summed E-state index contributed by atoms with van der Waals surface area (Å²) in [4.78, 5) is 22.4. The first-order valence-corrected chi connectivity index (χ1v) is 6.78. The Morgan fingerprint density at radius 3 is 2.67 bits per heavy atom. The Hall–Kier alpha value is -2.15. The molecule has 1 aromatic carbocycles. The summed E-state index contributed by atoms with van der Waals surface area (Å²) in [7, 11) is 0. The number of aliphatic hydroxyl groups excluding tert-OH is 1. The van der Waals surface area contributed by atoms with Crippen molar-refractivity contribution in [2.45, 2.75) is 33.3 Å². The topological polar surface area (TPSA) is 118 Å². The smallest absolute Gasteiger partial charge is 0.293 e. The Morgan fingerprint density at radius 2 is 2.14 bits per heavy atom. The first kappa shape index (κ1) is 16.9. The van der Waals surface area contributed by atoms with E-state index in [1.165, 1.54) is 12.1 Å². The van der Waals surface area contributed by atoms with Gasteiger partial charge in [0.2, 0.25) is 0 Å². The SMILES string of the molecule is CCC(C)C(O)CNC(=O)c1cc(C)cc([N+](=O)[O-])c1N. The Labute approximate surface area is 123 Å². The summed E-state index contributed by atoms with van der Waals surface area (Å²) in [5.74, 6) is -0.476. The minimum atomic E-state index is -0.667. The van der Waals surface area contributed by atoms with Gasteiger partial charge in [-0.15, -0.1) is 0 Å². The molecule has 1 amide bonds. The van der Waals surface area contributed by atoms with E-state index < -0.39 is 16.9 Å². The monoisotopic (exact) mass is 295 g/mol. The van der Waals surface area contributed by atoms with E-state index in [2.05, 4.69) is 5.32 Å². The number of hydrogen-bond acceptors (Lipinski definition) is 5. The predicted molar refractivity (Wildman–Crippen MR) is 80.0 cm³/mol. The maximum Gasteiger partial charge on any atom is 0.293 e. The van der Waals surface area contributed by atoms with E-state index in [9.17, 15) is 20.0 Å². The number of carbonyl (C=O) groups is 1. The van der Waals surface area contributed by atoms with Gasteiger partial charge in [-0.2, -0.15) is 0 Å². The van der Waals surface area contributed by atoms with Crippen LogP contribution in [-0.4, -0.2) is 28.6 Å². The number of nitrogens with one attached hydrogen (secondary N) is 1. The standard InChI is InChI=1S/C14H21N3O4/c1-4-9(3)12(18)7-16-14(19)10-5-8(2)6-11(13(10)15)17(20)21/h5-6,9,12,18H,4,7,15H2,1-3H3,(H,16,19). The second kappa shape index (κ2) is 7.03. The highest BCUT2D eigenvalue weighted by molar-refractivity contribution is 6.01. The van der Waals surface area contributed by atoms with Gasteiger partial charge in [0, 0.05) is 12.6 Å². The van der Waals surface area contributed by atoms with Crippen molar-refractivity contribution in [3.63, 3.8) is 0 Å². The van der Waals surface area contributed by atoms with Crippen molar-refractivity contribution in [2.24, 2.45) is 5.92 Å². The highest BCUT2D eigenvalue weighted by Gasteiger charge is 2.21. The quantitative estimate of drug-likeness (QED) is 0.418. The number of rotatable bonds is 6. The Morgan fingerprint density at radius 1 is 1.52 bits per heavy atom. The summed E-state index contributed by atoms with van der Waals surface area (Å²) in [6.07, 6.45) is 0.120. The Balaban J connectivity index is 2.91. The van der Waals surface area contributed by atoms with E-state index in [1.54, 1.807) is 6.92 Å². The molecule has 4 N–H and O–H groups in total. The molecular formula is C14H21N3O4. The van der Waals surface area contributed by atoms with Gasteiger partial charge in [-0.05, 0) is 24.5 Å². The zero-order valence-corrected chi connectivity index (χ0v) is 12.4. The number of nitro groups is 1. The lowest BCUT2D eigenvalue weighted by Crippen LogP contribution is -2.35. The van der Waals surface area contributed by atoms with Gasteiger partial charge < -0.3 is 16.2 Å². The third kappa shape index (κ3) is 4.16. The molecule has 0 aliphatic heterocycles. The van der Waals surface area contributed by atoms with Crippen LogP contribution < -0.4 is 11.1 Å². The van der Waals surface area contributed by atoms with Crippen LogP contribution in [0.2, 0.25) is 0 Å². The molecule has 0 aromatic heterocycles. The van der Waals surface area contributed by atoms with Gasteiger partial charge in [0.1, 0.15) is 5.69 Å². The van der Waals surface area contributed by atoms with Crippen LogP contribution in [-0.2, 0) is 0 Å². The highest BCUT2D eigenvalue weighted by atomic mass is 16.6. The summed E-state index contributed by atoms with van der Waals surface area (Å²) in [6.45, 7) is 5.55. The number of amides is 1. The van der Waals surface area contributed by atoms with E-state index in [1.807, 2.05) is 13.8 Å². The van der Waals surface area contributed by atoms with E-state index in [0.717, 1.165) is 6.42 Å². The summed E-state index contributed by atoms with van der Waals surface area (Å²) < 4.78 is 0. The number of anilines is 1. The third-order valence-corrected chi connectivity index (χ3v) is 3.52. The molecular weight excluding hydrogens is 274 g/mol. The fourth-order valence-corrected chi connectivity index (χ4v) is 1.88. The molecule has 0 spiro atoms. The second-order valence-electron chi connectivity index (χ2n) is 5.17. The predicted octanol–water partition coefficient (Wildman–Crippen LogP) is 1.62. The Bertz CT molecular complexity index is 545. The number of nitrogen functional groups attached to an aromatic ring is 1. The maximum atomic E-state index is 12.1. The van der Waals surface area contributed by atoms with Gasteiger partial charge in [-0.3, -0.25) is 14.9 Å². The van der Waals surface area contributed by atoms with Crippen LogP contribution in [0.4, 0.5) is 11.4 Å². The molecule has 1 rings (SSSR count). The molecule has 116 valence electrons. The van der Waals surface area contributed by atoms with E-state index in [4.69, 9.17) is 5.73 Å². The number of nitrogens with two attached hydrogens (primary N) is 1. The summed E-state index contributed by atoms with van der Waals surface area (Å²) >= 11 is 0. The zero-order valence-electron chi connectivity index (χ0n) is 12.4. The molecule has 2 unspecified atom stereocenters. The fourth-order valence-electron chi connectivity index (χ4n) is 1.88. The highest BCUT2D eigenvalue weighted by Crippen LogP contribution is 2.27. The number of nitro benzene ring substituents is 1. The number of aryl methyl sites for hydroxylation is 1. The molecule has 1 aromatic rings. The van der Waals surface area contributed by atoms with Crippen LogP contribution in [0.5, 0.6) is 0 Å². The lowest BCUT2D eigenvalue weighted by molar-refractivity contribution is -0.384. The molecule has 7 heteroatoms. The van der Waals surface area contributed by atoms with Crippen LogP contribution >= 0.6 is 0 Å². The number of hydrogen-bond donors (Lipinski definition) is 3. The van der Waals surface area contributed by atoms with E-state index in [-0.39, 0.29) is 29.4 Å². The van der Waals surface area contributed by atoms with Crippen molar-refractivity contribution in [3.05, 3.63) is 33.4 Å². The van der Waals surface area contributed by atoms with Crippen molar-refractivity contribution in [2.75, 3.05) is 12.3 Å². The van der Waals surface area contributed by atoms with Gasteiger partial charge >= 0.3 is 0 Å². The molecule has 0 saturated carbocycles. The zero-order chi connectivity index (χ0) is 16.2. The third-order valence-electron chi connectivity index (χ3n) is 3.52. The van der Waals surface area contributed by atoms with Crippen molar-refractivity contribution in [1.29, 1.82) is 0 Å². The van der Waals surface area contributed by atoms with Crippen LogP contribution in [0, 0.1) is 23.0 Å². The summed E-state index contributed by atoms with van der Waals surface area (Å²) in [5, 5.41) is 23.3. The van der Waals surface area contributed by atoms with E-state index in [0.29, 0.717) is 5.56 Å². The normalized spacial score (nSPS) is 13.5. The molecule has 0 saturated heterocycles. The van der Waals surface area contributed by atoms with Crippen molar-refractivity contribution in [1.82, 2.24) is 5.32 Å². The van der Waals surface area contributed by atoms with Gasteiger partial charge in [-0.25, -0.2) is 0 Å². The van der Waals surface area contributed by atoms with Gasteiger partial charge in [0.15, 0.2) is 0 Å². The van der Waals surface area contributed by atoms with E-state index >= 15 is 0 Å². The van der Waals surface area contributed by atoms with Crippen molar-refractivity contribution < 1.29 is 14.8 Å². The largest absolute Gasteiger partial charge is 0.393 e. The molecule has 7 nitrogen and oxygen atoms in total. The van der Waals surface area contributed by atoms with Crippen LogP contribution in [0.1, 0.15) is 36.2 Å². The minimum absolute atomic E-state index is 0.0505. The molecule has 0 heterocycles. The van der Waals surface area contributed by atoms with Crippen molar-refractivity contribution >= 4 is 17.3 Å². The molecule has 21 heavy (non-hydrogen) atoms. The Kier molecular flexibility index (Phi) is 5.66. The van der Waals surface area contributed by atoms with Crippen LogP contribution in [0.15, 0.2) is 12.1 Å². The molecule has 2 atom stereocenters.